The third-order valence-corrected chi connectivity index (χ3v) is 3.84. The number of hydrogen-bond acceptors (Lipinski definition) is 4. The summed E-state index contributed by atoms with van der Waals surface area (Å²) in [5.74, 6) is 0. The molecule has 1 heterocycles. The minimum atomic E-state index is -0.0716. The zero-order chi connectivity index (χ0) is 13.9. The number of benzene rings is 1. The first-order valence-corrected chi connectivity index (χ1v) is 6.76. The molecule has 0 saturated carbocycles. The van der Waals surface area contributed by atoms with Gasteiger partial charge in [-0.1, -0.05) is 12.1 Å². The van der Waals surface area contributed by atoms with E-state index in [1.807, 2.05) is 14.1 Å². The van der Waals surface area contributed by atoms with Gasteiger partial charge in [-0.05, 0) is 24.6 Å². The van der Waals surface area contributed by atoms with Crippen LogP contribution in [0.25, 0.3) is 0 Å². The van der Waals surface area contributed by atoms with Crippen LogP contribution in [0.2, 0.25) is 0 Å². The first kappa shape index (κ1) is 14.3. The van der Waals surface area contributed by atoms with Crippen molar-refractivity contribution in [2.24, 2.45) is 5.41 Å². The molecule has 0 aromatic heterocycles. The first-order valence-electron chi connectivity index (χ1n) is 6.76. The van der Waals surface area contributed by atoms with Crippen LogP contribution in [0.1, 0.15) is 18.5 Å². The fourth-order valence-electron chi connectivity index (χ4n) is 2.19. The number of nitrogens with one attached hydrogen (secondary N) is 1. The standard InChI is InChI=1S/C15H24N2O2/c1-12(16-8-15(9-18)10-19-11-15)13-4-6-14(7-5-13)17(2)3/h4-7,12,16,18H,8-11H2,1-3H3. The van der Waals surface area contributed by atoms with E-state index in [9.17, 15) is 5.11 Å². The number of aliphatic hydroxyl groups excluding tert-OH is 1. The van der Waals surface area contributed by atoms with Crippen LogP contribution >= 0.6 is 0 Å². The molecule has 2 N–H and O–H groups in total. The summed E-state index contributed by atoms with van der Waals surface area (Å²) in [5.41, 5.74) is 2.40. The second kappa shape index (κ2) is 5.90. The summed E-state index contributed by atoms with van der Waals surface area (Å²) in [6, 6.07) is 8.83. The Labute approximate surface area is 115 Å². The molecule has 0 aliphatic carbocycles. The van der Waals surface area contributed by atoms with E-state index in [0.29, 0.717) is 13.2 Å². The number of nitrogens with zero attached hydrogens (tertiary/aromatic N) is 1. The van der Waals surface area contributed by atoms with E-state index in [2.05, 4.69) is 41.4 Å². The number of aliphatic hydroxyl groups is 1. The molecule has 4 heteroatoms. The molecule has 0 bridgehead atoms. The summed E-state index contributed by atoms with van der Waals surface area (Å²) < 4.78 is 5.20. The first-order chi connectivity index (χ1) is 9.06. The van der Waals surface area contributed by atoms with E-state index in [0.717, 1.165) is 6.54 Å². The van der Waals surface area contributed by atoms with Crippen molar-refractivity contribution in [3.8, 4) is 0 Å². The number of anilines is 1. The molecule has 0 spiro atoms. The molecule has 1 aromatic rings. The van der Waals surface area contributed by atoms with Gasteiger partial charge in [0.25, 0.3) is 0 Å². The van der Waals surface area contributed by atoms with Crippen molar-refractivity contribution in [1.82, 2.24) is 5.32 Å². The molecule has 1 saturated heterocycles. The zero-order valence-corrected chi connectivity index (χ0v) is 12.0. The van der Waals surface area contributed by atoms with Crippen LogP contribution in [0.3, 0.4) is 0 Å². The van der Waals surface area contributed by atoms with Gasteiger partial charge in [0.1, 0.15) is 0 Å². The fraction of sp³-hybridized carbons (Fsp3) is 0.600. The molecule has 19 heavy (non-hydrogen) atoms. The Kier molecular flexibility index (Phi) is 4.45. The Bertz CT molecular complexity index is 394. The normalized spacial score (nSPS) is 18.7. The predicted molar refractivity (Wildman–Crippen MR) is 77.5 cm³/mol. The summed E-state index contributed by atoms with van der Waals surface area (Å²) in [6.07, 6.45) is 0. The smallest absolute Gasteiger partial charge is 0.0579 e. The van der Waals surface area contributed by atoms with Crippen molar-refractivity contribution in [3.05, 3.63) is 29.8 Å². The fourth-order valence-corrected chi connectivity index (χ4v) is 2.19. The Morgan fingerprint density at radius 3 is 2.37 bits per heavy atom. The number of rotatable bonds is 6. The lowest BCUT2D eigenvalue weighted by molar-refractivity contribution is -0.135. The van der Waals surface area contributed by atoms with Gasteiger partial charge in [0.15, 0.2) is 0 Å². The molecule has 4 nitrogen and oxygen atoms in total. The summed E-state index contributed by atoms with van der Waals surface area (Å²) >= 11 is 0. The SMILES string of the molecule is CC(NCC1(CO)COC1)c1ccc(N(C)C)cc1. The second-order valence-electron chi connectivity index (χ2n) is 5.74. The van der Waals surface area contributed by atoms with E-state index in [1.165, 1.54) is 11.3 Å². The lowest BCUT2D eigenvalue weighted by Gasteiger charge is -2.40. The summed E-state index contributed by atoms with van der Waals surface area (Å²) in [6.45, 7) is 4.44. The molecule has 1 aliphatic rings. The minimum absolute atomic E-state index is 0.0716. The van der Waals surface area contributed by atoms with E-state index in [4.69, 9.17) is 4.74 Å². The summed E-state index contributed by atoms with van der Waals surface area (Å²) in [7, 11) is 4.08. The average molecular weight is 264 g/mol. The van der Waals surface area contributed by atoms with E-state index < -0.39 is 0 Å². The van der Waals surface area contributed by atoms with Gasteiger partial charge < -0.3 is 20.1 Å². The Morgan fingerprint density at radius 2 is 1.95 bits per heavy atom. The summed E-state index contributed by atoms with van der Waals surface area (Å²) in [5, 5.41) is 12.9. The van der Waals surface area contributed by atoms with Gasteiger partial charge in [-0.3, -0.25) is 0 Å². The monoisotopic (exact) mass is 264 g/mol. The van der Waals surface area contributed by atoms with Crippen LogP contribution in [0, 0.1) is 5.41 Å². The van der Waals surface area contributed by atoms with Crippen molar-refractivity contribution in [2.75, 3.05) is 45.4 Å². The number of ether oxygens (including phenoxy) is 1. The highest BCUT2D eigenvalue weighted by Crippen LogP contribution is 2.27. The lowest BCUT2D eigenvalue weighted by Crippen LogP contribution is -2.52. The largest absolute Gasteiger partial charge is 0.396 e. The van der Waals surface area contributed by atoms with Gasteiger partial charge in [-0.2, -0.15) is 0 Å². The average Bonchev–Trinajstić information content (AvgIpc) is 2.38. The minimum Gasteiger partial charge on any atom is -0.396 e. The highest BCUT2D eigenvalue weighted by molar-refractivity contribution is 5.46. The van der Waals surface area contributed by atoms with Crippen molar-refractivity contribution in [2.45, 2.75) is 13.0 Å². The van der Waals surface area contributed by atoms with Crippen molar-refractivity contribution in [3.63, 3.8) is 0 Å². The second-order valence-corrected chi connectivity index (χ2v) is 5.74. The highest BCUT2D eigenvalue weighted by atomic mass is 16.5. The Hall–Kier alpha value is -1.10. The molecule has 1 fully saturated rings. The predicted octanol–water partition coefficient (Wildman–Crippen LogP) is 1.41. The third kappa shape index (κ3) is 3.26. The van der Waals surface area contributed by atoms with Gasteiger partial charge in [-0.15, -0.1) is 0 Å². The molecule has 0 amide bonds. The van der Waals surface area contributed by atoms with Crippen LogP contribution in [0.15, 0.2) is 24.3 Å². The molecule has 2 rings (SSSR count). The third-order valence-electron chi connectivity index (χ3n) is 3.84. The molecule has 106 valence electrons. The van der Waals surface area contributed by atoms with Gasteiger partial charge >= 0.3 is 0 Å². The number of hydrogen-bond donors (Lipinski definition) is 2. The van der Waals surface area contributed by atoms with E-state index in [1.54, 1.807) is 0 Å². The van der Waals surface area contributed by atoms with Gasteiger partial charge in [0.05, 0.1) is 25.2 Å². The lowest BCUT2D eigenvalue weighted by atomic mass is 9.86. The van der Waals surface area contributed by atoms with Crippen molar-refractivity contribution in [1.29, 1.82) is 0 Å². The maximum Gasteiger partial charge on any atom is 0.0579 e. The topological polar surface area (TPSA) is 44.7 Å². The molecular formula is C15H24N2O2. The zero-order valence-electron chi connectivity index (χ0n) is 12.0. The molecule has 1 atom stereocenters. The molecular weight excluding hydrogens is 240 g/mol. The molecule has 0 radical (unpaired) electrons. The van der Waals surface area contributed by atoms with E-state index >= 15 is 0 Å². The Balaban J connectivity index is 1.90. The van der Waals surface area contributed by atoms with Crippen molar-refractivity contribution >= 4 is 5.69 Å². The van der Waals surface area contributed by atoms with Crippen LogP contribution in [-0.4, -0.2) is 45.6 Å². The highest BCUT2D eigenvalue weighted by Gasteiger charge is 2.37. The van der Waals surface area contributed by atoms with Gasteiger partial charge in [0, 0.05) is 32.4 Å². The quantitative estimate of drug-likeness (QED) is 0.815. The van der Waals surface area contributed by atoms with Crippen LogP contribution in [0.5, 0.6) is 0 Å². The molecule has 1 aromatic carbocycles. The van der Waals surface area contributed by atoms with Crippen LogP contribution in [-0.2, 0) is 4.74 Å². The maximum atomic E-state index is 9.39. The summed E-state index contributed by atoms with van der Waals surface area (Å²) in [4.78, 5) is 2.09. The van der Waals surface area contributed by atoms with Gasteiger partial charge in [-0.25, -0.2) is 0 Å². The van der Waals surface area contributed by atoms with Crippen LogP contribution < -0.4 is 10.2 Å². The van der Waals surface area contributed by atoms with E-state index in [-0.39, 0.29) is 18.1 Å². The van der Waals surface area contributed by atoms with Crippen LogP contribution in [0.4, 0.5) is 5.69 Å². The van der Waals surface area contributed by atoms with Gasteiger partial charge in [0.2, 0.25) is 0 Å². The molecule has 1 unspecified atom stereocenters. The maximum absolute atomic E-state index is 9.39. The Morgan fingerprint density at radius 1 is 1.32 bits per heavy atom. The van der Waals surface area contributed by atoms with Crippen molar-refractivity contribution < 1.29 is 9.84 Å². The molecule has 1 aliphatic heterocycles.